The third kappa shape index (κ3) is 2.75. The second kappa shape index (κ2) is 5.76. The first-order chi connectivity index (χ1) is 9.76. The van der Waals surface area contributed by atoms with Crippen LogP contribution in [0, 0.1) is 0 Å². The average molecular weight is 353 g/mol. The van der Waals surface area contributed by atoms with Crippen molar-refractivity contribution in [3.63, 3.8) is 0 Å². The summed E-state index contributed by atoms with van der Waals surface area (Å²) in [6.45, 7) is 3.51. The Balaban J connectivity index is 1.87. The van der Waals surface area contributed by atoms with Crippen molar-refractivity contribution in [2.24, 2.45) is 0 Å². The molecule has 0 radical (unpaired) electrons. The molecule has 0 saturated carbocycles. The Bertz CT molecular complexity index is 722. The standard InChI is InChI=1S/C12H13BrN6S/c1-2-14-12-17-10(9-5-16-19-11(9)18-12)15-4-8-3-7(13)6-20-8/h3,5-6H,2,4H2,1H3,(H3,14,15,16,17,18,19). The van der Waals surface area contributed by atoms with Gasteiger partial charge in [0.2, 0.25) is 5.95 Å². The van der Waals surface area contributed by atoms with Crippen molar-refractivity contribution in [3.05, 3.63) is 27.0 Å². The van der Waals surface area contributed by atoms with Gasteiger partial charge in [-0.2, -0.15) is 15.1 Å². The quantitative estimate of drug-likeness (QED) is 0.656. The van der Waals surface area contributed by atoms with Gasteiger partial charge in [-0.1, -0.05) is 0 Å². The Hall–Kier alpha value is -1.67. The summed E-state index contributed by atoms with van der Waals surface area (Å²) in [4.78, 5) is 10.1. The van der Waals surface area contributed by atoms with Crippen LogP contribution in [0.5, 0.6) is 0 Å². The van der Waals surface area contributed by atoms with Gasteiger partial charge in [-0.05, 0) is 28.9 Å². The van der Waals surface area contributed by atoms with Crippen LogP contribution < -0.4 is 10.6 Å². The number of nitrogens with one attached hydrogen (secondary N) is 3. The molecule has 0 aliphatic carbocycles. The monoisotopic (exact) mass is 352 g/mol. The molecule has 3 aromatic rings. The molecule has 0 aliphatic rings. The lowest BCUT2D eigenvalue weighted by atomic mass is 10.4. The van der Waals surface area contributed by atoms with Gasteiger partial charge in [-0.15, -0.1) is 11.3 Å². The Kier molecular flexibility index (Phi) is 3.83. The van der Waals surface area contributed by atoms with Gasteiger partial charge in [0.05, 0.1) is 18.1 Å². The zero-order valence-electron chi connectivity index (χ0n) is 10.8. The molecule has 20 heavy (non-hydrogen) atoms. The second-order valence-corrected chi connectivity index (χ2v) is 6.05. The summed E-state index contributed by atoms with van der Waals surface area (Å²) in [7, 11) is 0. The normalized spacial score (nSPS) is 10.9. The summed E-state index contributed by atoms with van der Waals surface area (Å²) in [5.41, 5.74) is 0.728. The van der Waals surface area contributed by atoms with Crippen LogP contribution in [0.1, 0.15) is 11.8 Å². The van der Waals surface area contributed by atoms with Crippen molar-refractivity contribution in [1.29, 1.82) is 0 Å². The second-order valence-electron chi connectivity index (χ2n) is 4.14. The predicted molar refractivity (Wildman–Crippen MR) is 85.2 cm³/mol. The minimum Gasteiger partial charge on any atom is -0.364 e. The molecule has 0 fully saturated rings. The van der Waals surface area contributed by atoms with Crippen LogP contribution >= 0.6 is 27.3 Å². The van der Waals surface area contributed by atoms with Gasteiger partial charge in [0, 0.05) is 21.3 Å². The van der Waals surface area contributed by atoms with E-state index in [0.29, 0.717) is 5.95 Å². The van der Waals surface area contributed by atoms with Crippen LogP contribution in [-0.4, -0.2) is 26.7 Å². The third-order valence-corrected chi connectivity index (χ3v) is 4.39. The zero-order chi connectivity index (χ0) is 13.9. The van der Waals surface area contributed by atoms with Gasteiger partial charge in [-0.25, -0.2) is 0 Å². The fraction of sp³-hybridized carbons (Fsp3) is 0.250. The summed E-state index contributed by atoms with van der Waals surface area (Å²) in [5, 5.41) is 16.3. The van der Waals surface area contributed by atoms with Crippen LogP contribution in [0.2, 0.25) is 0 Å². The van der Waals surface area contributed by atoms with Gasteiger partial charge in [-0.3, -0.25) is 5.10 Å². The van der Waals surface area contributed by atoms with E-state index in [1.165, 1.54) is 4.88 Å². The summed E-state index contributed by atoms with van der Waals surface area (Å²) in [6.07, 6.45) is 1.73. The van der Waals surface area contributed by atoms with Gasteiger partial charge in [0.15, 0.2) is 5.65 Å². The maximum absolute atomic E-state index is 4.48. The molecule has 3 heterocycles. The number of halogens is 1. The molecule has 0 atom stereocenters. The Labute approximate surface area is 128 Å². The molecular weight excluding hydrogens is 340 g/mol. The van der Waals surface area contributed by atoms with E-state index >= 15 is 0 Å². The highest BCUT2D eigenvalue weighted by Gasteiger charge is 2.09. The molecule has 0 spiro atoms. The molecule has 0 bridgehead atoms. The molecule has 3 aromatic heterocycles. The van der Waals surface area contributed by atoms with Gasteiger partial charge in [0.1, 0.15) is 5.82 Å². The number of nitrogens with zero attached hydrogens (tertiary/aromatic N) is 3. The van der Waals surface area contributed by atoms with E-state index in [1.807, 2.05) is 6.92 Å². The zero-order valence-corrected chi connectivity index (χ0v) is 13.2. The van der Waals surface area contributed by atoms with E-state index < -0.39 is 0 Å². The molecular formula is C12H13BrN6S. The largest absolute Gasteiger partial charge is 0.364 e. The van der Waals surface area contributed by atoms with Crippen molar-refractivity contribution >= 4 is 50.1 Å². The molecule has 0 unspecified atom stereocenters. The van der Waals surface area contributed by atoms with Crippen LogP contribution in [0.3, 0.4) is 0 Å². The fourth-order valence-electron chi connectivity index (χ4n) is 1.82. The number of anilines is 2. The number of aromatic nitrogens is 4. The number of fused-ring (bicyclic) bond motifs is 1. The number of hydrogen-bond acceptors (Lipinski definition) is 6. The average Bonchev–Trinajstić information content (AvgIpc) is 3.05. The summed E-state index contributed by atoms with van der Waals surface area (Å²) >= 11 is 5.15. The molecule has 0 amide bonds. The van der Waals surface area contributed by atoms with Crippen LogP contribution in [0.4, 0.5) is 11.8 Å². The number of rotatable bonds is 5. The minimum absolute atomic E-state index is 0.596. The Morgan fingerprint density at radius 1 is 1.35 bits per heavy atom. The lowest BCUT2D eigenvalue weighted by Crippen LogP contribution is -2.06. The fourth-order valence-corrected chi connectivity index (χ4v) is 3.21. The van der Waals surface area contributed by atoms with Crippen molar-refractivity contribution in [3.8, 4) is 0 Å². The molecule has 0 aromatic carbocycles. The molecule has 6 nitrogen and oxygen atoms in total. The lowest BCUT2D eigenvalue weighted by molar-refractivity contribution is 1.06. The predicted octanol–water partition coefficient (Wildman–Crippen LogP) is 3.22. The summed E-state index contributed by atoms with van der Waals surface area (Å²) < 4.78 is 1.10. The molecule has 104 valence electrons. The van der Waals surface area contributed by atoms with E-state index in [0.717, 1.165) is 34.4 Å². The lowest BCUT2D eigenvalue weighted by Gasteiger charge is -2.08. The van der Waals surface area contributed by atoms with Crippen LogP contribution in [0.25, 0.3) is 11.0 Å². The Morgan fingerprint density at radius 3 is 3.00 bits per heavy atom. The highest BCUT2D eigenvalue weighted by molar-refractivity contribution is 9.10. The first-order valence-electron chi connectivity index (χ1n) is 6.18. The third-order valence-electron chi connectivity index (χ3n) is 2.70. The highest BCUT2D eigenvalue weighted by Crippen LogP contribution is 2.23. The van der Waals surface area contributed by atoms with Crippen molar-refractivity contribution in [1.82, 2.24) is 20.2 Å². The maximum Gasteiger partial charge on any atom is 0.226 e. The molecule has 3 rings (SSSR count). The van der Waals surface area contributed by atoms with E-state index in [9.17, 15) is 0 Å². The summed E-state index contributed by atoms with van der Waals surface area (Å²) in [5.74, 6) is 1.38. The highest BCUT2D eigenvalue weighted by atomic mass is 79.9. The van der Waals surface area contributed by atoms with Gasteiger partial charge >= 0.3 is 0 Å². The molecule has 0 aliphatic heterocycles. The first-order valence-corrected chi connectivity index (χ1v) is 7.85. The van der Waals surface area contributed by atoms with Crippen molar-refractivity contribution in [2.75, 3.05) is 17.2 Å². The van der Waals surface area contributed by atoms with Gasteiger partial charge in [0.25, 0.3) is 0 Å². The maximum atomic E-state index is 4.48. The van der Waals surface area contributed by atoms with Crippen molar-refractivity contribution in [2.45, 2.75) is 13.5 Å². The number of H-pyrrole nitrogens is 1. The van der Waals surface area contributed by atoms with Crippen molar-refractivity contribution < 1.29 is 0 Å². The summed E-state index contributed by atoms with van der Waals surface area (Å²) in [6, 6.07) is 2.09. The smallest absolute Gasteiger partial charge is 0.226 e. The van der Waals surface area contributed by atoms with Gasteiger partial charge < -0.3 is 10.6 Å². The first kappa shape index (κ1) is 13.3. The minimum atomic E-state index is 0.596. The topological polar surface area (TPSA) is 78.5 Å². The van der Waals surface area contributed by atoms with E-state index in [1.54, 1.807) is 17.5 Å². The molecule has 8 heteroatoms. The van der Waals surface area contributed by atoms with Crippen LogP contribution in [0.15, 0.2) is 22.1 Å². The Morgan fingerprint density at radius 2 is 2.25 bits per heavy atom. The SMILES string of the molecule is CCNc1nc(NCc2cc(Br)cs2)c2cn[nH]c2n1. The molecule has 3 N–H and O–H groups in total. The number of aromatic amines is 1. The van der Waals surface area contributed by atoms with Crippen LogP contribution in [-0.2, 0) is 6.54 Å². The van der Waals surface area contributed by atoms with E-state index in [4.69, 9.17) is 0 Å². The number of thiophene rings is 1. The van der Waals surface area contributed by atoms with E-state index in [-0.39, 0.29) is 0 Å². The van der Waals surface area contributed by atoms with E-state index in [2.05, 4.69) is 58.2 Å². The molecule has 0 saturated heterocycles. The number of hydrogen-bond donors (Lipinski definition) is 3.